The second-order valence-electron chi connectivity index (χ2n) is 9.30. The Labute approximate surface area is 201 Å². The molecular formula is C26H27ClFN3O3. The number of aromatic nitrogens is 1. The first kappa shape index (κ1) is 22.7. The third-order valence-corrected chi connectivity index (χ3v) is 7.54. The van der Waals surface area contributed by atoms with Crippen LogP contribution in [0.25, 0.3) is 10.9 Å². The molecule has 6 nitrogen and oxygen atoms in total. The number of pyridine rings is 1. The van der Waals surface area contributed by atoms with Crippen molar-refractivity contribution in [3.05, 3.63) is 62.7 Å². The molecular weight excluding hydrogens is 457 g/mol. The van der Waals surface area contributed by atoms with Gasteiger partial charge in [-0.15, -0.1) is 0 Å². The number of hydrogen-bond donors (Lipinski definition) is 2. The summed E-state index contributed by atoms with van der Waals surface area (Å²) in [6.07, 6.45) is 6.82. The van der Waals surface area contributed by atoms with E-state index in [1.54, 1.807) is 6.20 Å². The monoisotopic (exact) mass is 483 g/mol. The average molecular weight is 484 g/mol. The number of Topliss-reactive ketones (excluding diaryl/α,β-unsaturated/α-hetero) is 1. The van der Waals surface area contributed by atoms with E-state index in [0.29, 0.717) is 30.1 Å². The predicted molar refractivity (Wildman–Crippen MR) is 133 cm³/mol. The molecule has 178 valence electrons. The van der Waals surface area contributed by atoms with Gasteiger partial charge in [0, 0.05) is 17.8 Å². The fourth-order valence-corrected chi connectivity index (χ4v) is 5.59. The van der Waals surface area contributed by atoms with Gasteiger partial charge in [0.05, 0.1) is 27.7 Å². The minimum Gasteiger partial charge on any atom is -0.487 e. The highest BCUT2D eigenvalue weighted by molar-refractivity contribution is 6.31. The maximum Gasteiger partial charge on any atom is 0.202 e. The minimum atomic E-state index is -0.730. The Morgan fingerprint density at radius 1 is 1.29 bits per heavy atom. The van der Waals surface area contributed by atoms with E-state index < -0.39 is 11.2 Å². The molecule has 1 saturated carbocycles. The second kappa shape index (κ2) is 8.62. The Hall–Kier alpha value is -3.06. The Morgan fingerprint density at radius 3 is 2.74 bits per heavy atom. The summed E-state index contributed by atoms with van der Waals surface area (Å²) in [5.74, 6) is -0.811. The van der Waals surface area contributed by atoms with Gasteiger partial charge in [-0.1, -0.05) is 42.6 Å². The van der Waals surface area contributed by atoms with Crippen LogP contribution in [-0.2, 0) is 12.0 Å². The summed E-state index contributed by atoms with van der Waals surface area (Å²) in [5, 5.41) is 3.87. The molecule has 1 aliphatic heterocycles. The molecule has 1 spiro atoms. The van der Waals surface area contributed by atoms with E-state index in [9.17, 15) is 9.59 Å². The first-order valence-electron chi connectivity index (χ1n) is 11.7. The number of nitrogens with one attached hydrogen (secondary N) is 1. The van der Waals surface area contributed by atoms with Crippen molar-refractivity contribution in [3.8, 4) is 5.75 Å². The van der Waals surface area contributed by atoms with Crippen LogP contribution in [0.1, 0.15) is 54.9 Å². The summed E-state index contributed by atoms with van der Waals surface area (Å²) >= 11 is 6.24. The SMILES string of the molecule is CC(=O)c1cn2c3c(c(NCCCc4ccccc4Cl)c(F)c(N)c3c1=O)OCC21CCCC1. The average Bonchev–Trinajstić information content (AvgIpc) is 3.28. The van der Waals surface area contributed by atoms with Crippen molar-refractivity contribution in [2.45, 2.75) is 51.0 Å². The number of carbonyl (C=O) groups is 1. The maximum atomic E-state index is 15.5. The zero-order valence-corrected chi connectivity index (χ0v) is 19.8. The van der Waals surface area contributed by atoms with Gasteiger partial charge in [0.25, 0.3) is 0 Å². The van der Waals surface area contributed by atoms with Gasteiger partial charge in [-0.05, 0) is 44.2 Å². The highest BCUT2D eigenvalue weighted by atomic mass is 35.5. The number of nitrogen functional groups attached to an aromatic ring is 1. The number of rotatable bonds is 6. The van der Waals surface area contributed by atoms with Crippen LogP contribution in [-0.4, -0.2) is 23.5 Å². The second-order valence-corrected chi connectivity index (χ2v) is 9.70. The molecule has 0 saturated heterocycles. The van der Waals surface area contributed by atoms with Crippen LogP contribution in [0.15, 0.2) is 35.3 Å². The van der Waals surface area contributed by atoms with Gasteiger partial charge in [-0.25, -0.2) is 4.39 Å². The fraction of sp³-hybridized carbons (Fsp3) is 0.385. The molecule has 2 heterocycles. The highest BCUT2D eigenvalue weighted by Crippen LogP contribution is 2.48. The number of hydrogen-bond acceptors (Lipinski definition) is 5. The summed E-state index contributed by atoms with van der Waals surface area (Å²) in [7, 11) is 0. The number of halogens is 2. The van der Waals surface area contributed by atoms with Crippen molar-refractivity contribution in [1.82, 2.24) is 4.57 Å². The van der Waals surface area contributed by atoms with Gasteiger partial charge in [0.2, 0.25) is 5.43 Å². The number of ketones is 1. The smallest absolute Gasteiger partial charge is 0.202 e. The molecule has 0 unspecified atom stereocenters. The van der Waals surface area contributed by atoms with Crippen LogP contribution in [0, 0.1) is 5.82 Å². The van der Waals surface area contributed by atoms with E-state index >= 15 is 4.39 Å². The quantitative estimate of drug-likeness (QED) is 0.283. The van der Waals surface area contributed by atoms with Gasteiger partial charge in [0.15, 0.2) is 17.3 Å². The van der Waals surface area contributed by atoms with Crippen molar-refractivity contribution >= 4 is 39.7 Å². The molecule has 1 fully saturated rings. The summed E-state index contributed by atoms with van der Waals surface area (Å²) in [6, 6.07) is 7.63. The summed E-state index contributed by atoms with van der Waals surface area (Å²) in [5.41, 5.74) is 6.69. The molecule has 0 bridgehead atoms. The number of benzene rings is 2. The fourth-order valence-electron chi connectivity index (χ4n) is 5.36. The van der Waals surface area contributed by atoms with Crippen molar-refractivity contribution in [2.24, 2.45) is 0 Å². The van der Waals surface area contributed by atoms with Gasteiger partial charge in [-0.3, -0.25) is 9.59 Å². The van der Waals surface area contributed by atoms with Crippen LogP contribution < -0.4 is 21.2 Å². The zero-order chi connectivity index (χ0) is 24.0. The first-order valence-corrected chi connectivity index (χ1v) is 12.0. The Morgan fingerprint density at radius 2 is 2.03 bits per heavy atom. The third-order valence-electron chi connectivity index (χ3n) is 7.17. The molecule has 34 heavy (non-hydrogen) atoms. The van der Waals surface area contributed by atoms with E-state index in [4.69, 9.17) is 22.1 Å². The normalized spacial score (nSPS) is 16.1. The van der Waals surface area contributed by atoms with Crippen molar-refractivity contribution in [3.63, 3.8) is 0 Å². The number of aryl methyl sites for hydroxylation is 1. The minimum absolute atomic E-state index is 0.0211. The molecule has 2 aliphatic rings. The van der Waals surface area contributed by atoms with Gasteiger partial charge < -0.3 is 20.4 Å². The Balaban J connectivity index is 1.58. The summed E-state index contributed by atoms with van der Waals surface area (Å²) < 4.78 is 23.6. The molecule has 2 aromatic carbocycles. The lowest BCUT2D eigenvalue weighted by Crippen LogP contribution is -2.42. The molecule has 0 radical (unpaired) electrons. The predicted octanol–water partition coefficient (Wildman–Crippen LogP) is 5.29. The van der Waals surface area contributed by atoms with Crippen LogP contribution >= 0.6 is 11.6 Å². The molecule has 5 rings (SSSR count). The van der Waals surface area contributed by atoms with Crippen LogP contribution in [0.5, 0.6) is 5.75 Å². The molecule has 8 heteroatoms. The van der Waals surface area contributed by atoms with E-state index in [-0.39, 0.29) is 39.4 Å². The third kappa shape index (κ3) is 3.54. The first-order chi connectivity index (χ1) is 16.3. The number of ether oxygens (including phenoxy) is 1. The van der Waals surface area contributed by atoms with E-state index in [2.05, 4.69) is 5.32 Å². The maximum absolute atomic E-state index is 15.5. The van der Waals surface area contributed by atoms with Crippen molar-refractivity contribution in [1.29, 1.82) is 0 Å². The highest BCUT2D eigenvalue weighted by Gasteiger charge is 2.42. The molecule has 3 N–H and O–H groups in total. The number of anilines is 2. The zero-order valence-electron chi connectivity index (χ0n) is 19.0. The Bertz CT molecular complexity index is 1360. The van der Waals surface area contributed by atoms with Crippen molar-refractivity contribution in [2.75, 3.05) is 24.2 Å². The van der Waals surface area contributed by atoms with Gasteiger partial charge in [-0.2, -0.15) is 0 Å². The summed E-state index contributed by atoms with van der Waals surface area (Å²) in [6.45, 7) is 2.16. The lowest BCUT2D eigenvalue weighted by molar-refractivity contribution is 0.101. The summed E-state index contributed by atoms with van der Waals surface area (Å²) in [4.78, 5) is 25.4. The topological polar surface area (TPSA) is 86.4 Å². The molecule has 0 amide bonds. The Kier molecular flexibility index (Phi) is 5.76. The lowest BCUT2D eigenvalue weighted by Gasteiger charge is -2.39. The number of nitrogens with zero attached hydrogens (tertiary/aromatic N) is 1. The number of fused-ring (bicyclic) bond motifs is 1. The molecule has 0 atom stereocenters. The lowest BCUT2D eigenvalue weighted by atomic mass is 9.93. The van der Waals surface area contributed by atoms with Crippen LogP contribution in [0.3, 0.4) is 0 Å². The van der Waals surface area contributed by atoms with Crippen molar-refractivity contribution < 1.29 is 13.9 Å². The van der Waals surface area contributed by atoms with E-state index in [0.717, 1.165) is 37.7 Å². The van der Waals surface area contributed by atoms with E-state index in [1.807, 2.05) is 28.8 Å². The molecule has 3 aromatic rings. The molecule has 1 aliphatic carbocycles. The van der Waals surface area contributed by atoms with Crippen LogP contribution in [0.4, 0.5) is 15.8 Å². The van der Waals surface area contributed by atoms with Gasteiger partial charge in [0.1, 0.15) is 12.3 Å². The largest absolute Gasteiger partial charge is 0.487 e. The standard InChI is InChI=1S/C26H27ClFN3O3/c1-15(32)17-13-31-23-19(24(17)33)21(29)20(28)22(25(23)34-14-26(31)10-4-5-11-26)30-12-6-8-16-7-2-3-9-18(16)27/h2-3,7,9,13,30H,4-6,8,10-12,14,29H2,1H3. The van der Waals surface area contributed by atoms with Crippen LogP contribution in [0.2, 0.25) is 5.02 Å². The number of nitrogens with two attached hydrogens (primary N) is 1. The number of carbonyl (C=O) groups excluding carboxylic acids is 1. The molecule has 1 aromatic heterocycles. The van der Waals surface area contributed by atoms with Gasteiger partial charge >= 0.3 is 0 Å². The van der Waals surface area contributed by atoms with E-state index in [1.165, 1.54) is 6.92 Å².